The van der Waals surface area contributed by atoms with Gasteiger partial charge in [0.25, 0.3) is 0 Å². The first-order chi connectivity index (χ1) is 10.2. The van der Waals surface area contributed by atoms with Crippen molar-refractivity contribution in [3.63, 3.8) is 0 Å². The summed E-state index contributed by atoms with van der Waals surface area (Å²) < 4.78 is 12.0. The Kier molecular flexibility index (Phi) is 3.66. The minimum absolute atomic E-state index is 0.512. The molecule has 0 bridgehead atoms. The van der Waals surface area contributed by atoms with Gasteiger partial charge in [0, 0.05) is 23.3 Å². The quantitative estimate of drug-likeness (QED) is 0.716. The zero-order valence-corrected chi connectivity index (χ0v) is 12.9. The minimum atomic E-state index is 0.512. The van der Waals surface area contributed by atoms with Gasteiger partial charge in [0.2, 0.25) is 5.88 Å². The molecule has 0 amide bonds. The number of rotatable bonds is 3. The molecule has 0 spiro atoms. The predicted molar refractivity (Wildman–Crippen MR) is 86.9 cm³/mol. The van der Waals surface area contributed by atoms with Crippen LogP contribution in [-0.4, -0.2) is 12.1 Å². The molecule has 0 atom stereocenters. The number of nitrogen functional groups attached to an aromatic ring is 1. The largest absolute Gasteiger partial charge is 0.497 e. The number of halogens is 1. The molecule has 0 saturated heterocycles. The molecule has 5 heteroatoms. The molecule has 1 aromatic heterocycles. The van der Waals surface area contributed by atoms with Gasteiger partial charge in [-0.05, 0) is 51.6 Å². The molecular formula is C16H13BrN2O2. The summed E-state index contributed by atoms with van der Waals surface area (Å²) in [6, 6.07) is 13.1. The fourth-order valence-electron chi connectivity index (χ4n) is 2.03. The number of nitrogens with two attached hydrogens (primary N) is 1. The van der Waals surface area contributed by atoms with E-state index in [4.69, 9.17) is 15.2 Å². The Morgan fingerprint density at radius 1 is 1.10 bits per heavy atom. The maximum atomic E-state index is 5.91. The number of ether oxygens (including phenoxy) is 2. The Hall–Kier alpha value is -2.27. The smallest absolute Gasteiger partial charge is 0.227 e. The SMILES string of the molecule is COc1ccc2ccnc(Oc3cc(N)ccc3Br)c2c1. The monoisotopic (exact) mass is 344 g/mol. The standard InChI is InChI=1S/C16H13BrN2O2/c1-20-12-4-2-10-6-7-19-16(13(10)9-12)21-15-8-11(18)3-5-14(15)17/h2-9H,18H2,1H3. The predicted octanol–water partition coefficient (Wildman–Crippen LogP) is 4.38. The lowest BCUT2D eigenvalue weighted by Crippen LogP contribution is -1.93. The van der Waals surface area contributed by atoms with Crippen molar-refractivity contribution >= 4 is 32.4 Å². The normalized spacial score (nSPS) is 10.6. The van der Waals surface area contributed by atoms with E-state index in [1.165, 1.54) is 0 Å². The number of nitrogens with zero attached hydrogens (tertiary/aromatic N) is 1. The number of hydrogen-bond acceptors (Lipinski definition) is 4. The highest BCUT2D eigenvalue weighted by atomic mass is 79.9. The van der Waals surface area contributed by atoms with Crippen LogP contribution in [0.4, 0.5) is 5.69 Å². The molecule has 2 aromatic carbocycles. The molecule has 3 aromatic rings. The summed E-state index contributed by atoms with van der Waals surface area (Å²) in [6.07, 6.45) is 1.71. The minimum Gasteiger partial charge on any atom is -0.497 e. The van der Waals surface area contributed by atoms with Crippen LogP contribution in [0.5, 0.6) is 17.4 Å². The van der Waals surface area contributed by atoms with E-state index in [1.807, 2.05) is 30.3 Å². The number of benzene rings is 2. The second-order valence-electron chi connectivity index (χ2n) is 4.50. The molecule has 106 valence electrons. The number of aromatic nitrogens is 1. The first-order valence-corrected chi connectivity index (χ1v) is 7.12. The molecule has 0 unspecified atom stereocenters. The second kappa shape index (κ2) is 5.61. The van der Waals surface area contributed by atoms with Gasteiger partial charge >= 0.3 is 0 Å². The molecule has 0 aliphatic heterocycles. The fraction of sp³-hybridized carbons (Fsp3) is 0.0625. The third-order valence-electron chi connectivity index (χ3n) is 3.10. The molecule has 0 saturated carbocycles. The molecule has 0 radical (unpaired) electrons. The van der Waals surface area contributed by atoms with Crippen LogP contribution in [0.25, 0.3) is 10.8 Å². The summed E-state index contributed by atoms with van der Waals surface area (Å²) in [4.78, 5) is 4.31. The Bertz CT molecular complexity index is 805. The van der Waals surface area contributed by atoms with Gasteiger partial charge in [0.05, 0.1) is 11.6 Å². The first-order valence-electron chi connectivity index (χ1n) is 6.33. The lowest BCUT2D eigenvalue weighted by Gasteiger charge is -2.10. The van der Waals surface area contributed by atoms with E-state index in [2.05, 4.69) is 20.9 Å². The summed E-state index contributed by atoms with van der Waals surface area (Å²) in [5, 5.41) is 1.91. The number of anilines is 1. The number of methoxy groups -OCH3 is 1. The molecule has 3 rings (SSSR count). The van der Waals surface area contributed by atoms with Gasteiger partial charge in [-0.3, -0.25) is 0 Å². The highest BCUT2D eigenvalue weighted by Gasteiger charge is 2.09. The summed E-state index contributed by atoms with van der Waals surface area (Å²) in [5.74, 6) is 1.89. The molecule has 2 N–H and O–H groups in total. The van der Waals surface area contributed by atoms with Crippen LogP contribution in [0.2, 0.25) is 0 Å². The summed E-state index contributed by atoms with van der Waals surface area (Å²) in [5.41, 5.74) is 6.43. The highest BCUT2D eigenvalue weighted by Crippen LogP contribution is 2.34. The molecular weight excluding hydrogens is 332 g/mol. The van der Waals surface area contributed by atoms with Gasteiger partial charge in [0.15, 0.2) is 0 Å². The van der Waals surface area contributed by atoms with Gasteiger partial charge in [-0.1, -0.05) is 6.07 Å². The van der Waals surface area contributed by atoms with Gasteiger partial charge in [-0.25, -0.2) is 4.98 Å². The maximum Gasteiger partial charge on any atom is 0.227 e. The Balaban J connectivity index is 2.09. The van der Waals surface area contributed by atoms with E-state index in [0.29, 0.717) is 17.3 Å². The van der Waals surface area contributed by atoms with Crippen molar-refractivity contribution in [2.24, 2.45) is 0 Å². The van der Waals surface area contributed by atoms with Crippen LogP contribution in [0.3, 0.4) is 0 Å². The van der Waals surface area contributed by atoms with Crippen LogP contribution in [0.1, 0.15) is 0 Å². The Morgan fingerprint density at radius 3 is 2.76 bits per heavy atom. The molecule has 21 heavy (non-hydrogen) atoms. The van der Waals surface area contributed by atoms with Crippen molar-refractivity contribution in [2.45, 2.75) is 0 Å². The number of pyridine rings is 1. The van der Waals surface area contributed by atoms with E-state index in [0.717, 1.165) is 21.0 Å². The first kappa shape index (κ1) is 13.7. The zero-order chi connectivity index (χ0) is 14.8. The van der Waals surface area contributed by atoms with Crippen molar-refractivity contribution in [1.29, 1.82) is 0 Å². The fourth-order valence-corrected chi connectivity index (χ4v) is 2.36. The average molecular weight is 345 g/mol. The number of hydrogen-bond donors (Lipinski definition) is 1. The van der Waals surface area contributed by atoms with E-state index in [1.54, 1.807) is 25.4 Å². The molecule has 0 aliphatic carbocycles. The topological polar surface area (TPSA) is 57.4 Å². The maximum absolute atomic E-state index is 5.91. The third-order valence-corrected chi connectivity index (χ3v) is 3.75. The number of fused-ring (bicyclic) bond motifs is 1. The van der Waals surface area contributed by atoms with Crippen molar-refractivity contribution in [3.05, 3.63) is 53.1 Å². The lowest BCUT2D eigenvalue weighted by molar-refractivity contribution is 0.415. The Labute approximate surface area is 130 Å². The summed E-state index contributed by atoms with van der Waals surface area (Å²) in [6.45, 7) is 0. The van der Waals surface area contributed by atoms with Crippen LogP contribution < -0.4 is 15.2 Å². The van der Waals surface area contributed by atoms with Gasteiger partial charge < -0.3 is 15.2 Å². The third kappa shape index (κ3) is 2.78. The van der Waals surface area contributed by atoms with Gasteiger partial charge in [0.1, 0.15) is 11.5 Å². The Morgan fingerprint density at radius 2 is 1.95 bits per heavy atom. The van der Waals surface area contributed by atoms with Gasteiger partial charge in [-0.15, -0.1) is 0 Å². The second-order valence-corrected chi connectivity index (χ2v) is 5.35. The van der Waals surface area contributed by atoms with Gasteiger partial charge in [-0.2, -0.15) is 0 Å². The van der Waals surface area contributed by atoms with Crippen molar-refractivity contribution in [1.82, 2.24) is 4.98 Å². The van der Waals surface area contributed by atoms with Crippen LogP contribution in [0.15, 0.2) is 53.1 Å². The van der Waals surface area contributed by atoms with Crippen LogP contribution >= 0.6 is 15.9 Å². The van der Waals surface area contributed by atoms with E-state index in [-0.39, 0.29) is 0 Å². The van der Waals surface area contributed by atoms with E-state index in [9.17, 15) is 0 Å². The molecule has 4 nitrogen and oxygen atoms in total. The van der Waals surface area contributed by atoms with E-state index < -0.39 is 0 Å². The average Bonchev–Trinajstić information content (AvgIpc) is 2.51. The zero-order valence-electron chi connectivity index (χ0n) is 11.3. The van der Waals surface area contributed by atoms with Crippen molar-refractivity contribution in [2.75, 3.05) is 12.8 Å². The van der Waals surface area contributed by atoms with Crippen LogP contribution in [0, 0.1) is 0 Å². The van der Waals surface area contributed by atoms with Crippen molar-refractivity contribution in [3.8, 4) is 17.4 Å². The molecule has 0 fully saturated rings. The highest BCUT2D eigenvalue weighted by molar-refractivity contribution is 9.10. The molecule has 1 heterocycles. The summed E-state index contributed by atoms with van der Waals surface area (Å²) >= 11 is 3.45. The molecule has 0 aliphatic rings. The lowest BCUT2D eigenvalue weighted by atomic mass is 10.1. The van der Waals surface area contributed by atoms with E-state index >= 15 is 0 Å². The van der Waals surface area contributed by atoms with Crippen LogP contribution in [-0.2, 0) is 0 Å². The van der Waals surface area contributed by atoms with Crippen molar-refractivity contribution < 1.29 is 9.47 Å². The summed E-state index contributed by atoms with van der Waals surface area (Å²) in [7, 11) is 1.63.